The van der Waals surface area contributed by atoms with Crippen LogP contribution in [0, 0.1) is 17.7 Å². The summed E-state index contributed by atoms with van der Waals surface area (Å²) in [6, 6.07) is 6.29. The molecule has 0 unspecified atom stereocenters. The third-order valence-electron chi connectivity index (χ3n) is 6.90. The van der Waals surface area contributed by atoms with E-state index in [9.17, 15) is 19.1 Å². The van der Waals surface area contributed by atoms with E-state index in [0.717, 1.165) is 42.5 Å². The lowest BCUT2D eigenvalue weighted by atomic mass is 9.80. The molecule has 1 aliphatic carbocycles. The number of amides is 1. The summed E-state index contributed by atoms with van der Waals surface area (Å²) in [5, 5.41) is 14.3. The Morgan fingerprint density at radius 3 is 2.58 bits per heavy atom. The predicted molar refractivity (Wildman–Crippen MR) is 119 cm³/mol. The van der Waals surface area contributed by atoms with Crippen LogP contribution in [0.3, 0.4) is 0 Å². The molecule has 0 spiro atoms. The highest BCUT2D eigenvalue weighted by molar-refractivity contribution is 5.77. The maximum atomic E-state index is 13.3. The minimum absolute atomic E-state index is 0.0356. The highest BCUT2D eigenvalue weighted by atomic mass is 19.1. The van der Waals surface area contributed by atoms with Crippen LogP contribution < -0.4 is 0 Å². The third kappa shape index (κ3) is 5.43. The van der Waals surface area contributed by atoms with Gasteiger partial charge in [-0.1, -0.05) is 12.1 Å². The molecule has 0 bridgehead atoms. The molecule has 0 saturated heterocycles. The molecule has 33 heavy (non-hydrogen) atoms. The van der Waals surface area contributed by atoms with E-state index < -0.39 is 0 Å². The van der Waals surface area contributed by atoms with Gasteiger partial charge in [0.1, 0.15) is 5.82 Å². The summed E-state index contributed by atoms with van der Waals surface area (Å²) in [6.45, 7) is 3.62. The van der Waals surface area contributed by atoms with E-state index in [0.29, 0.717) is 50.7 Å². The molecule has 178 valence electrons. The lowest BCUT2D eigenvalue weighted by Gasteiger charge is -2.31. The Morgan fingerprint density at radius 2 is 1.91 bits per heavy atom. The van der Waals surface area contributed by atoms with Crippen LogP contribution in [0.1, 0.15) is 61.5 Å². The zero-order valence-electron chi connectivity index (χ0n) is 19.1. The number of aliphatic hydroxyl groups excluding tert-OH is 1. The van der Waals surface area contributed by atoms with Crippen molar-refractivity contribution in [1.29, 1.82) is 0 Å². The van der Waals surface area contributed by atoms with Gasteiger partial charge in [-0.2, -0.15) is 5.10 Å². The van der Waals surface area contributed by atoms with Gasteiger partial charge in [0, 0.05) is 18.5 Å². The van der Waals surface area contributed by atoms with Gasteiger partial charge in [0.25, 0.3) is 0 Å². The Morgan fingerprint density at radius 1 is 1.18 bits per heavy atom. The molecule has 2 aromatic rings. The number of hydrogen-bond acceptors (Lipinski definition) is 5. The number of carbonyl (C=O) groups excluding carboxylic acids is 2. The first kappa shape index (κ1) is 23.4. The van der Waals surface area contributed by atoms with E-state index in [1.165, 1.54) is 12.1 Å². The van der Waals surface area contributed by atoms with Crippen molar-refractivity contribution in [3.63, 3.8) is 0 Å². The summed E-state index contributed by atoms with van der Waals surface area (Å²) < 4.78 is 20.2. The van der Waals surface area contributed by atoms with Crippen LogP contribution in [0.4, 0.5) is 4.39 Å². The first-order chi connectivity index (χ1) is 16.0. The van der Waals surface area contributed by atoms with Gasteiger partial charge >= 0.3 is 5.97 Å². The lowest BCUT2D eigenvalue weighted by molar-refractivity contribution is -0.149. The Bertz CT molecular complexity index is 980. The zero-order valence-corrected chi connectivity index (χ0v) is 19.1. The van der Waals surface area contributed by atoms with Gasteiger partial charge in [0.05, 0.1) is 43.6 Å². The molecule has 4 rings (SSSR count). The molecule has 2 aliphatic rings. The first-order valence-electron chi connectivity index (χ1n) is 11.9. The molecule has 0 atom stereocenters. The number of aliphatic hydroxyl groups is 1. The van der Waals surface area contributed by atoms with E-state index >= 15 is 0 Å². The number of rotatable bonds is 7. The van der Waals surface area contributed by atoms with Crippen LogP contribution in [0.5, 0.6) is 0 Å². The summed E-state index contributed by atoms with van der Waals surface area (Å²) in [7, 11) is 0. The number of hydrogen-bond donors (Lipinski definition) is 1. The quantitative estimate of drug-likeness (QED) is 0.646. The molecule has 1 aromatic heterocycles. The van der Waals surface area contributed by atoms with Crippen molar-refractivity contribution in [3.05, 3.63) is 52.6 Å². The van der Waals surface area contributed by atoms with E-state index in [1.807, 2.05) is 16.5 Å². The molecule has 7 nitrogen and oxygen atoms in total. The van der Waals surface area contributed by atoms with Gasteiger partial charge in [0.2, 0.25) is 5.91 Å². The normalized spacial score (nSPS) is 20.4. The van der Waals surface area contributed by atoms with Gasteiger partial charge < -0.3 is 14.7 Å². The molecule has 8 heteroatoms. The molecule has 1 aliphatic heterocycles. The van der Waals surface area contributed by atoms with E-state index in [1.54, 1.807) is 12.1 Å². The average Bonchev–Trinajstić information content (AvgIpc) is 3.18. The maximum Gasteiger partial charge on any atom is 0.308 e. The average molecular weight is 458 g/mol. The number of nitrogens with zero attached hydrogens (tertiary/aromatic N) is 3. The van der Waals surface area contributed by atoms with Gasteiger partial charge in [-0.3, -0.25) is 14.3 Å². The molecular weight excluding hydrogens is 425 g/mol. The van der Waals surface area contributed by atoms with Crippen LogP contribution in [-0.2, 0) is 40.4 Å². The van der Waals surface area contributed by atoms with Crippen molar-refractivity contribution < 1.29 is 23.8 Å². The van der Waals surface area contributed by atoms with Crippen LogP contribution in [-0.4, -0.2) is 44.8 Å². The van der Waals surface area contributed by atoms with Gasteiger partial charge in [0.15, 0.2) is 0 Å². The fraction of sp³-hybridized carbons (Fsp3) is 0.560. The topological polar surface area (TPSA) is 84.7 Å². The summed E-state index contributed by atoms with van der Waals surface area (Å²) >= 11 is 0. The second-order valence-electron chi connectivity index (χ2n) is 9.05. The van der Waals surface area contributed by atoms with Crippen LogP contribution in [0.15, 0.2) is 24.3 Å². The van der Waals surface area contributed by atoms with Gasteiger partial charge in [-0.25, -0.2) is 4.39 Å². The highest BCUT2D eigenvalue weighted by Gasteiger charge is 2.31. The summed E-state index contributed by atoms with van der Waals surface area (Å²) in [4.78, 5) is 26.9. The predicted octanol–water partition coefficient (Wildman–Crippen LogP) is 3.21. The lowest BCUT2D eigenvalue weighted by Crippen LogP contribution is -2.38. The number of aromatic nitrogens is 2. The highest BCUT2D eigenvalue weighted by Crippen LogP contribution is 2.33. The van der Waals surface area contributed by atoms with Crippen molar-refractivity contribution in [2.24, 2.45) is 11.8 Å². The number of esters is 1. The Balaban J connectivity index is 1.38. The maximum absolute atomic E-state index is 13.3. The Hall–Kier alpha value is -2.74. The Kier molecular flexibility index (Phi) is 7.42. The van der Waals surface area contributed by atoms with Crippen molar-refractivity contribution >= 4 is 11.9 Å². The van der Waals surface area contributed by atoms with Crippen LogP contribution in [0.2, 0.25) is 0 Å². The van der Waals surface area contributed by atoms with Crippen molar-refractivity contribution in [2.75, 3.05) is 13.2 Å². The molecule has 1 N–H and O–H groups in total. The van der Waals surface area contributed by atoms with Crippen molar-refractivity contribution in [3.8, 4) is 0 Å². The fourth-order valence-corrected chi connectivity index (χ4v) is 5.03. The smallest absolute Gasteiger partial charge is 0.308 e. The third-order valence-corrected chi connectivity index (χ3v) is 6.90. The molecular formula is C25H32FN3O4. The molecule has 1 aromatic carbocycles. The minimum Gasteiger partial charge on any atom is -0.466 e. The summed E-state index contributed by atoms with van der Waals surface area (Å²) in [5.74, 6) is -0.0149. The molecule has 2 heterocycles. The number of ether oxygens (including phenoxy) is 1. The zero-order chi connectivity index (χ0) is 23.4. The van der Waals surface area contributed by atoms with Crippen molar-refractivity contribution in [1.82, 2.24) is 14.7 Å². The molecule has 0 radical (unpaired) electrons. The number of carbonyl (C=O) groups is 2. The first-order valence-corrected chi connectivity index (χ1v) is 11.9. The van der Waals surface area contributed by atoms with Crippen LogP contribution in [0.25, 0.3) is 0 Å². The number of fused-ring (bicyclic) bond motifs is 1. The minimum atomic E-state index is -0.287. The molecule has 1 saturated carbocycles. The van der Waals surface area contributed by atoms with Crippen LogP contribution >= 0.6 is 0 Å². The largest absolute Gasteiger partial charge is 0.466 e. The molecule has 1 fully saturated rings. The van der Waals surface area contributed by atoms with E-state index in [4.69, 9.17) is 4.74 Å². The second kappa shape index (κ2) is 10.5. The standard InChI is InChI=1S/C25H32FN3O4/c1-2-33-25(32)19-7-3-17(4-8-19)13-24(31)28-12-11-21-22(16-30)27-29(23(21)15-28)14-18-5-9-20(26)10-6-18/h5-6,9-10,17,19,30H,2-4,7-8,11-16H2,1H3/t17-,19-. The van der Waals surface area contributed by atoms with Gasteiger partial charge in [-0.15, -0.1) is 0 Å². The Labute approximate surface area is 193 Å². The van der Waals surface area contributed by atoms with E-state index in [2.05, 4.69) is 5.10 Å². The van der Waals surface area contributed by atoms with E-state index in [-0.39, 0.29) is 30.2 Å². The fourth-order valence-electron chi connectivity index (χ4n) is 5.03. The number of halogens is 1. The second-order valence-corrected chi connectivity index (χ2v) is 9.05. The monoisotopic (exact) mass is 457 g/mol. The molecule has 1 amide bonds. The van der Waals surface area contributed by atoms with Gasteiger partial charge in [-0.05, 0) is 62.6 Å². The summed E-state index contributed by atoms with van der Waals surface area (Å²) in [6.07, 6.45) is 4.45. The summed E-state index contributed by atoms with van der Waals surface area (Å²) in [5.41, 5.74) is 3.51. The van der Waals surface area contributed by atoms with Crippen molar-refractivity contribution in [2.45, 2.75) is 65.1 Å². The SMILES string of the molecule is CCOC(=O)[C@H]1CC[C@H](CC(=O)N2CCc3c(CO)nn(Cc4ccc(F)cc4)c3C2)CC1. The number of benzene rings is 1.